The molecular formula is C15H18N2O3S. The van der Waals surface area contributed by atoms with Gasteiger partial charge in [-0.05, 0) is 32.2 Å². The molecule has 6 heteroatoms. The third kappa shape index (κ3) is 4.03. The molecule has 0 aliphatic rings. The van der Waals surface area contributed by atoms with Crippen LogP contribution in [0.1, 0.15) is 26.6 Å². The average Bonchev–Trinajstić information content (AvgIpc) is 2.83. The van der Waals surface area contributed by atoms with Gasteiger partial charge in [0.15, 0.2) is 0 Å². The van der Waals surface area contributed by atoms with Crippen molar-refractivity contribution in [2.75, 3.05) is 14.2 Å². The van der Waals surface area contributed by atoms with Crippen LogP contribution in [0.3, 0.4) is 0 Å². The number of rotatable bonds is 6. The van der Waals surface area contributed by atoms with Crippen LogP contribution in [0.2, 0.25) is 0 Å². The van der Waals surface area contributed by atoms with Gasteiger partial charge in [0.1, 0.15) is 5.75 Å². The van der Waals surface area contributed by atoms with Crippen molar-refractivity contribution in [1.82, 2.24) is 9.88 Å². The Morgan fingerprint density at radius 1 is 1.43 bits per heavy atom. The number of carboxylic acids is 1. The number of hydrogen-bond donors (Lipinski definition) is 1. The number of carboxylic acid groups (broad SMARTS) is 1. The first kappa shape index (κ1) is 15.5. The number of thiazole rings is 1. The predicted octanol–water partition coefficient (Wildman–Crippen LogP) is 2.79. The zero-order valence-corrected chi connectivity index (χ0v) is 13.1. The van der Waals surface area contributed by atoms with Gasteiger partial charge in [0.25, 0.3) is 0 Å². The molecule has 1 N–H and O–H groups in total. The Balaban J connectivity index is 2.13. The summed E-state index contributed by atoms with van der Waals surface area (Å²) in [6, 6.07) is 4.90. The fourth-order valence-corrected chi connectivity index (χ4v) is 2.74. The summed E-state index contributed by atoms with van der Waals surface area (Å²) in [5.41, 5.74) is 2.14. The van der Waals surface area contributed by atoms with E-state index in [9.17, 15) is 4.79 Å². The summed E-state index contributed by atoms with van der Waals surface area (Å²) in [5.74, 6) is -0.238. The summed E-state index contributed by atoms with van der Waals surface area (Å²) in [6.07, 6.45) is 0. The van der Waals surface area contributed by atoms with Crippen LogP contribution in [0, 0.1) is 6.92 Å². The van der Waals surface area contributed by atoms with Gasteiger partial charge in [-0.3, -0.25) is 4.90 Å². The van der Waals surface area contributed by atoms with E-state index in [1.54, 1.807) is 36.6 Å². The monoisotopic (exact) mass is 306 g/mol. The molecule has 21 heavy (non-hydrogen) atoms. The van der Waals surface area contributed by atoms with Crippen LogP contribution in [-0.2, 0) is 13.1 Å². The molecule has 2 rings (SSSR count). The highest BCUT2D eigenvalue weighted by Gasteiger charge is 2.12. The van der Waals surface area contributed by atoms with Gasteiger partial charge < -0.3 is 9.84 Å². The highest BCUT2D eigenvalue weighted by molar-refractivity contribution is 7.09. The Morgan fingerprint density at radius 3 is 2.76 bits per heavy atom. The van der Waals surface area contributed by atoms with Crippen molar-refractivity contribution in [3.05, 3.63) is 45.4 Å². The summed E-state index contributed by atoms with van der Waals surface area (Å²) in [4.78, 5) is 17.6. The lowest BCUT2D eigenvalue weighted by Crippen LogP contribution is -2.18. The molecule has 2 aromatic rings. The van der Waals surface area contributed by atoms with Gasteiger partial charge in [-0.1, -0.05) is 0 Å². The Labute approximate surface area is 127 Å². The molecule has 0 fully saturated rings. The second-order valence-electron chi connectivity index (χ2n) is 4.86. The highest BCUT2D eigenvalue weighted by Crippen LogP contribution is 2.22. The van der Waals surface area contributed by atoms with E-state index >= 15 is 0 Å². The molecular weight excluding hydrogens is 288 g/mol. The maximum absolute atomic E-state index is 11.1. The van der Waals surface area contributed by atoms with Crippen LogP contribution in [0.4, 0.5) is 0 Å². The van der Waals surface area contributed by atoms with Crippen LogP contribution in [0.5, 0.6) is 5.75 Å². The van der Waals surface area contributed by atoms with Gasteiger partial charge in [-0.15, -0.1) is 11.3 Å². The van der Waals surface area contributed by atoms with Gasteiger partial charge in [0, 0.05) is 24.0 Å². The van der Waals surface area contributed by atoms with Crippen LogP contribution in [-0.4, -0.2) is 35.1 Å². The molecule has 112 valence electrons. The fourth-order valence-electron chi connectivity index (χ4n) is 2.14. The number of carbonyl (C=O) groups is 1. The van der Waals surface area contributed by atoms with Gasteiger partial charge in [0.05, 0.1) is 23.4 Å². The van der Waals surface area contributed by atoms with Crippen LogP contribution < -0.4 is 4.74 Å². The molecule has 5 nitrogen and oxygen atoms in total. The van der Waals surface area contributed by atoms with E-state index in [4.69, 9.17) is 9.84 Å². The van der Waals surface area contributed by atoms with Gasteiger partial charge in [-0.25, -0.2) is 9.78 Å². The molecule has 0 bridgehead atoms. The van der Waals surface area contributed by atoms with E-state index in [0.717, 1.165) is 16.3 Å². The second kappa shape index (κ2) is 6.69. The maximum atomic E-state index is 11.1. The molecule has 0 aliphatic heterocycles. The minimum absolute atomic E-state index is 0.267. The van der Waals surface area contributed by atoms with Crippen LogP contribution in [0.15, 0.2) is 23.6 Å². The van der Waals surface area contributed by atoms with Crippen molar-refractivity contribution in [3.8, 4) is 5.75 Å². The topological polar surface area (TPSA) is 62.7 Å². The Kier molecular flexibility index (Phi) is 4.93. The minimum atomic E-state index is -0.934. The number of ether oxygens (including phenoxy) is 1. The molecule has 1 aromatic carbocycles. The number of hydrogen-bond acceptors (Lipinski definition) is 5. The predicted molar refractivity (Wildman–Crippen MR) is 82.0 cm³/mol. The highest BCUT2D eigenvalue weighted by atomic mass is 32.1. The fraction of sp³-hybridized carbons (Fsp3) is 0.333. The second-order valence-corrected chi connectivity index (χ2v) is 5.92. The molecule has 0 radical (unpaired) electrons. The van der Waals surface area contributed by atoms with Crippen molar-refractivity contribution in [2.45, 2.75) is 20.0 Å². The Morgan fingerprint density at radius 2 is 2.19 bits per heavy atom. The van der Waals surface area contributed by atoms with Crippen molar-refractivity contribution in [1.29, 1.82) is 0 Å². The maximum Gasteiger partial charge on any atom is 0.335 e. The lowest BCUT2D eigenvalue weighted by atomic mass is 10.1. The first-order chi connectivity index (χ1) is 9.99. The van der Waals surface area contributed by atoms with Gasteiger partial charge in [0.2, 0.25) is 0 Å². The van der Waals surface area contributed by atoms with Crippen molar-refractivity contribution in [2.24, 2.45) is 0 Å². The summed E-state index contributed by atoms with van der Waals surface area (Å²) in [5, 5.41) is 12.2. The molecule has 0 saturated carbocycles. The van der Waals surface area contributed by atoms with E-state index in [2.05, 4.69) is 9.88 Å². The number of methoxy groups -OCH3 is 1. The van der Waals surface area contributed by atoms with E-state index in [1.165, 1.54) is 0 Å². The van der Waals surface area contributed by atoms with Crippen LogP contribution >= 0.6 is 11.3 Å². The average molecular weight is 306 g/mol. The first-order valence-electron chi connectivity index (χ1n) is 6.49. The standard InChI is InChI=1S/C15H18N2O3S/c1-10-16-13(9-21-10)8-17(2)7-12-6-11(15(18)19)4-5-14(12)20-3/h4-6,9H,7-8H2,1-3H3,(H,18,19). The number of aromatic carboxylic acids is 1. The zero-order chi connectivity index (χ0) is 15.4. The minimum Gasteiger partial charge on any atom is -0.496 e. The summed E-state index contributed by atoms with van der Waals surface area (Å²) in [6.45, 7) is 3.29. The Hall–Kier alpha value is -1.92. The van der Waals surface area contributed by atoms with Crippen molar-refractivity contribution >= 4 is 17.3 Å². The Bertz CT molecular complexity index is 640. The molecule has 0 saturated heterocycles. The molecule has 1 heterocycles. The molecule has 0 spiro atoms. The third-order valence-electron chi connectivity index (χ3n) is 3.07. The quantitative estimate of drug-likeness (QED) is 0.889. The molecule has 0 aliphatic carbocycles. The number of benzene rings is 1. The SMILES string of the molecule is COc1ccc(C(=O)O)cc1CN(C)Cc1csc(C)n1. The van der Waals surface area contributed by atoms with Crippen LogP contribution in [0.25, 0.3) is 0 Å². The van der Waals surface area contributed by atoms with Crippen molar-refractivity contribution < 1.29 is 14.6 Å². The normalized spacial score (nSPS) is 10.9. The van der Waals surface area contributed by atoms with Gasteiger partial charge >= 0.3 is 5.97 Å². The number of aryl methyl sites for hydroxylation is 1. The van der Waals surface area contributed by atoms with E-state index in [-0.39, 0.29) is 5.56 Å². The lowest BCUT2D eigenvalue weighted by molar-refractivity contribution is 0.0696. The molecule has 0 atom stereocenters. The van der Waals surface area contributed by atoms with Crippen molar-refractivity contribution in [3.63, 3.8) is 0 Å². The third-order valence-corrected chi connectivity index (χ3v) is 3.89. The zero-order valence-electron chi connectivity index (χ0n) is 12.3. The molecule has 0 amide bonds. The lowest BCUT2D eigenvalue weighted by Gasteiger charge is -2.17. The van der Waals surface area contributed by atoms with Gasteiger partial charge in [-0.2, -0.15) is 0 Å². The number of aromatic nitrogens is 1. The molecule has 1 aromatic heterocycles. The van der Waals surface area contributed by atoms with E-state index < -0.39 is 5.97 Å². The summed E-state index contributed by atoms with van der Waals surface area (Å²) in [7, 11) is 3.56. The molecule has 0 unspecified atom stereocenters. The summed E-state index contributed by atoms with van der Waals surface area (Å²) >= 11 is 1.63. The number of nitrogens with zero attached hydrogens (tertiary/aromatic N) is 2. The largest absolute Gasteiger partial charge is 0.496 e. The first-order valence-corrected chi connectivity index (χ1v) is 7.37. The summed E-state index contributed by atoms with van der Waals surface area (Å²) < 4.78 is 5.30. The van der Waals surface area contributed by atoms with E-state index in [0.29, 0.717) is 18.8 Å². The van der Waals surface area contributed by atoms with E-state index in [1.807, 2.05) is 19.4 Å². The smallest absolute Gasteiger partial charge is 0.335 e.